The van der Waals surface area contributed by atoms with Gasteiger partial charge in [0.05, 0.1) is 0 Å². The van der Waals surface area contributed by atoms with Crippen molar-refractivity contribution in [3.8, 4) is 17.3 Å². The normalized spacial score (nSPS) is 14.0. The van der Waals surface area contributed by atoms with Crippen LogP contribution >= 0.6 is 0 Å². The number of benzene rings is 1. The summed E-state index contributed by atoms with van der Waals surface area (Å²) in [5.41, 5.74) is 2.07. The Balaban J connectivity index is 2.15. The van der Waals surface area contributed by atoms with Crippen LogP contribution in [0, 0.1) is 17.1 Å². The molecule has 0 amide bonds. The lowest BCUT2D eigenvalue weighted by molar-refractivity contribution is 0.519. The lowest BCUT2D eigenvalue weighted by Crippen LogP contribution is -2.11. The standard InChI is InChI=1S/C14H12FN3/c15-11-6-4-10(5-7-11)14-12(9-16)18-8-2-1-3-13(18)17-14/h4-7H,1-3,8H2. The van der Waals surface area contributed by atoms with Gasteiger partial charge in [0.15, 0.2) is 0 Å². The van der Waals surface area contributed by atoms with Crippen molar-refractivity contribution in [1.29, 1.82) is 5.26 Å². The van der Waals surface area contributed by atoms with Gasteiger partial charge < -0.3 is 4.57 Å². The predicted octanol–water partition coefficient (Wildman–Crippen LogP) is 2.90. The van der Waals surface area contributed by atoms with E-state index in [1.54, 1.807) is 12.1 Å². The Morgan fingerprint density at radius 1 is 1.22 bits per heavy atom. The molecule has 1 aliphatic rings. The Hall–Kier alpha value is -2.15. The van der Waals surface area contributed by atoms with E-state index in [0.29, 0.717) is 11.4 Å². The number of imidazole rings is 1. The summed E-state index contributed by atoms with van der Waals surface area (Å²) in [5.74, 6) is 0.693. The lowest BCUT2D eigenvalue weighted by Gasteiger charge is -2.13. The minimum atomic E-state index is -0.277. The monoisotopic (exact) mass is 241 g/mol. The van der Waals surface area contributed by atoms with Crippen molar-refractivity contribution in [1.82, 2.24) is 9.55 Å². The van der Waals surface area contributed by atoms with Gasteiger partial charge in [0.2, 0.25) is 0 Å². The third kappa shape index (κ3) is 1.68. The topological polar surface area (TPSA) is 41.6 Å². The number of nitrogens with zero attached hydrogens (tertiary/aromatic N) is 3. The molecule has 0 radical (unpaired) electrons. The highest BCUT2D eigenvalue weighted by atomic mass is 19.1. The van der Waals surface area contributed by atoms with E-state index in [0.717, 1.165) is 37.2 Å². The maximum atomic E-state index is 12.9. The smallest absolute Gasteiger partial charge is 0.148 e. The van der Waals surface area contributed by atoms with E-state index in [-0.39, 0.29) is 5.82 Å². The van der Waals surface area contributed by atoms with Crippen LogP contribution in [-0.2, 0) is 13.0 Å². The molecular weight excluding hydrogens is 229 g/mol. The van der Waals surface area contributed by atoms with E-state index in [1.807, 2.05) is 4.57 Å². The maximum absolute atomic E-state index is 12.9. The zero-order valence-electron chi connectivity index (χ0n) is 9.86. The summed E-state index contributed by atoms with van der Waals surface area (Å²) in [5, 5.41) is 9.29. The Morgan fingerprint density at radius 2 is 2.00 bits per heavy atom. The quantitative estimate of drug-likeness (QED) is 0.770. The molecule has 1 aliphatic heterocycles. The number of hydrogen-bond acceptors (Lipinski definition) is 2. The van der Waals surface area contributed by atoms with Crippen LogP contribution in [0.2, 0.25) is 0 Å². The zero-order chi connectivity index (χ0) is 12.5. The number of fused-ring (bicyclic) bond motifs is 1. The van der Waals surface area contributed by atoms with Crippen LogP contribution in [0.15, 0.2) is 24.3 Å². The van der Waals surface area contributed by atoms with Gasteiger partial charge in [-0.1, -0.05) is 0 Å². The number of aryl methyl sites for hydroxylation is 1. The van der Waals surface area contributed by atoms with E-state index < -0.39 is 0 Å². The summed E-state index contributed by atoms with van der Waals surface area (Å²) in [4.78, 5) is 4.54. The molecule has 0 fully saturated rings. The summed E-state index contributed by atoms with van der Waals surface area (Å²) in [6, 6.07) is 8.36. The molecular formula is C14H12FN3. The highest BCUT2D eigenvalue weighted by Gasteiger charge is 2.20. The van der Waals surface area contributed by atoms with Crippen molar-refractivity contribution in [2.45, 2.75) is 25.8 Å². The van der Waals surface area contributed by atoms with Crippen molar-refractivity contribution in [3.63, 3.8) is 0 Å². The molecule has 0 unspecified atom stereocenters. The van der Waals surface area contributed by atoms with Gasteiger partial charge in [0.25, 0.3) is 0 Å². The van der Waals surface area contributed by atoms with Crippen LogP contribution in [0.25, 0.3) is 11.3 Å². The third-order valence-electron chi connectivity index (χ3n) is 3.30. The maximum Gasteiger partial charge on any atom is 0.148 e. The Kier molecular flexibility index (Phi) is 2.60. The number of hydrogen-bond donors (Lipinski definition) is 0. The van der Waals surface area contributed by atoms with E-state index >= 15 is 0 Å². The second-order valence-electron chi connectivity index (χ2n) is 4.45. The molecule has 0 bridgehead atoms. The fourth-order valence-corrected chi connectivity index (χ4v) is 2.41. The van der Waals surface area contributed by atoms with Crippen LogP contribution in [0.3, 0.4) is 0 Å². The molecule has 0 saturated heterocycles. The fourth-order valence-electron chi connectivity index (χ4n) is 2.41. The van der Waals surface area contributed by atoms with Crippen molar-refractivity contribution in [2.75, 3.05) is 0 Å². The summed E-state index contributed by atoms with van der Waals surface area (Å²) < 4.78 is 14.9. The minimum Gasteiger partial charge on any atom is -0.319 e. The highest BCUT2D eigenvalue weighted by molar-refractivity contribution is 5.65. The average Bonchev–Trinajstić information content (AvgIpc) is 2.78. The Bertz CT molecular complexity index is 620. The van der Waals surface area contributed by atoms with E-state index in [9.17, 15) is 9.65 Å². The van der Waals surface area contributed by atoms with Gasteiger partial charge >= 0.3 is 0 Å². The molecule has 0 spiro atoms. The van der Waals surface area contributed by atoms with Gasteiger partial charge in [0, 0.05) is 18.5 Å². The molecule has 18 heavy (non-hydrogen) atoms. The van der Waals surface area contributed by atoms with Gasteiger partial charge in [-0.05, 0) is 37.1 Å². The molecule has 3 nitrogen and oxygen atoms in total. The summed E-state index contributed by atoms with van der Waals surface area (Å²) >= 11 is 0. The molecule has 0 saturated carbocycles. The van der Waals surface area contributed by atoms with E-state index in [4.69, 9.17) is 0 Å². The average molecular weight is 241 g/mol. The van der Waals surface area contributed by atoms with E-state index in [1.165, 1.54) is 12.1 Å². The first kappa shape index (κ1) is 11.0. The second kappa shape index (κ2) is 4.26. The number of aromatic nitrogens is 2. The van der Waals surface area contributed by atoms with Gasteiger partial charge in [-0.3, -0.25) is 0 Å². The first-order valence-corrected chi connectivity index (χ1v) is 6.05. The Morgan fingerprint density at radius 3 is 2.72 bits per heavy atom. The van der Waals surface area contributed by atoms with Crippen LogP contribution < -0.4 is 0 Å². The van der Waals surface area contributed by atoms with Crippen LogP contribution in [0.1, 0.15) is 24.4 Å². The molecule has 1 aromatic heterocycles. The van der Waals surface area contributed by atoms with Gasteiger partial charge in [-0.25, -0.2) is 9.37 Å². The summed E-state index contributed by atoms with van der Waals surface area (Å²) in [7, 11) is 0. The predicted molar refractivity (Wildman–Crippen MR) is 65.3 cm³/mol. The van der Waals surface area contributed by atoms with Gasteiger partial charge in [0.1, 0.15) is 29.1 Å². The second-order valence-corrected chi connectivity index (χ2v) is 4.45. The van der Waals surface area contributed by atoms with Crippen molar-refractivity contribution >= 4 is 0 Å². The molecule has 2 heterocycles. The van der Waals surface area contributed by atoms with Crippen LogP contribution in [-0.4, -0.2) is 9.55 Å². The summed E-state index contributed by atoms with van der Waals surface area (Å²) in [6.07, 6.45) is 3.11. The first-order chi connectivity index (χ1) is 8.79. The SMILES string of the molecule is N#Cc1c(-c2ccc(F)cc2)nc2n1CCCC2. The molecule has 2 aromatic rings. The van der Waals surface area contributed by atoms with Crippen molar-refractivity contribution in [3.05, 3.63) is 41.6 Å². The molecule has 90 valence electrons. The molecule has 0 atom stereocenters. The van der Waals surface area contributed by atoms with Crippen LogP contribution in [0.4, 0.5) is 4.39 Å². The van der Waals surface area contributed by atoms with Crippen LogP contribution in [0.5, 0.6) is 0 Å². The molecule has 1 aromatic carbocycles. The van der Waals surface area contributed by atoms with Gasteiger partial charge in [-0.2, -0.15) is 5.26 Å². The zero-order valence-corrected chi connectivity index (χ0v) is 9.86. The summed E-state index contributed by atoms with van der Waals surface area (Å²) in [6.45, 7) is 0.854. The third-order valence-corrected chi connectivity index (χ3v) is 3.30. The molecule has 0 N–H and O–H groups in total. The first-order valence-electron chi connectivity index (χ1n) is 6.05. The number of nitriles is 1. The van der Waals surface area contributed by atoms with Crippen molar-refractivity contribution < 1.29 is 4.39 Å². The fraction of sp³-hybridized carbons (Fsp3) is 0.286. The van der Waals surface area contributed by atoms with Gasteiger partial charge in [-0.15, -0.1) is 0 Å². The van der Waals surface area contributed by atoms with Crippen molar-refractivity contribution in [2.24, 2.45) is 0 Å². The molecule has 0 aliphatic carbocycles. The largest absolute Gasteiger partial charge is 0.319 e. The lowest BCUT2D eigenvalue weighted by atomic mass is 10.1. The number of rotatable bonds is 1. The minimum absolute atomic E-state index is 0.277. The Labute approximate surface area is 105 Å². The molecule has 4 heteroatoms. The molecule has 3 rings (SSSR count). The van der Waals surface area contributed by atoms with E-state index in [2.05, 4.69) is 11.1 Å². The highest BCUT2D eigenvalue weighted by Crippen LogP contribution is 2.27. The number of halogens is 1.